The second-order valence-electron chi connectivity index (χ2n) is 9.16. The highest BCUT2D eigenvalue weighted by molar-refractivity contribution is 7.12. The number of nitrogens with one attached hydrogen (secondary N) is 1. The van der Waals surface area contributed by atoms with Crippen molar-refractivity contribution in [2.24, 2.45) is 5.92 Å². The molecule has 0 aliphatic carbocycles. The van der Waals surface area contributed by atoms with Gasteiger partial charge in [-0.25, -0.2) is 4.98 Å². The summed E-state index contributed by atoms with van der Waals surface area (Å²) in [4.78, 5) is 23.0. The van der Waals surface area contributed by atoms with Crippen molar-refractivity contribution in [3.05, 3.63) is 43.8 Å². The Bertz CT molecular complexity index is 962. The molecule has 0 radical (unpaired) electrons. The van der Waals surface area contributed by atoms with E-state index in [-0.39, 0.29) is 5.91 Å². The van der Waals surface area contributed by atoms with Crippen molar-refractivity contribution in [1.82, 2.24) is 15.2 Å². The van der Waals surface area contributed by atoms with E-state index in [4.69, 9.17) is 4.74 Å². The summed E-state index contributed by atoms with van der Waals surface area (Å²) in [6.45, 7) is 12.1. The molecule has 31 heavy (non-hydrogen) atoms. The Balaban J connectivity index is 1.63. The van der Waals surface area contributed by atoms with E-state index in [0.717, 1.165) is 54.9 Å². The van der Waals surface area contributed by atoms with Crippen LogP contribution >= 0.6 is 11.3 Å². The standard InChI is InChI=1S/C25H35N3O2S/c1-15-13-16(2)27-24(30-5)20(15)14-28-12-6-7-21-22(25(28)29)18(4)23(31-21)17(3)19-8-10-26-11-9-19/h13,17,19,26H,6-12,14H2,1-5H3/t17-/m1/s1. The number of rotatable bonds is 5. The molecule has 168 valence electrons. The molecule has 0 spiro atoms. The van der Waals surface area contributed by atoms with Gasteiger partial charge in [-0.2, -0.15) is 0 Å². The number of pyridine rings is 1. The first-order valence-corrected chi connectivity index (χ1v) is 12.4. The van der Waals surface area contributed by atoms with Crippen molar-refractivity contribution in [2.75, 3.05) is 26.7 Å². The minimum atomic E-state index is 0.173. The molecule has 1 fully saturated rings. The molecule has 1 amide bonds. The van der Waals surface area contributed by atoms with Gasteiger partial charge in [-0.1, -0.05) is 6.92 Å². The maximum Gasteiger partial charge on any atom is 0.255 e. The topological polar surface area (TPSA) is 54.5 Å². The fourth-order valence-corrected chi connectivity index (χ4v) is 6.75. The smallest absolute Gasteiger partial charge is 0.255 e. The highest BCUT2D eigenvalue weighted by Gasteiger charge is 2.32. The maximum absolute atomic E-state index is 13.7. The molecule has 4 heterocycles. The van der Waals surface area contributed by atoms with Crippen LogP contribution in [0.2, 0.25) is 0 Å². The first-order valence-electron chi connectivity index (χ1n) is 11.5. The van der Waals surface area contributed by atoms with E-state index in [2.05, 4.69) is 37.1 Å². The fourth-order valence-electron chi connectivity index (χ4n) is 5.26. The van der Waals surface area contributed by atoms with Gasteiger partial charge in [-0.05, 0) is 88.6 Å². The molecular weight excluding hydrogens is 406 g/mol. The van der Waals surface area contributed by atoms with Gasteiger partial charge in [-0.15, -0.1) is 11.3 Å². The number of piperidine rings is 1. The molecule has 2 aromatic rings. The highest BCUT2D eigenvalue weighted by atomic mass is 32.1. The monoisotopic (exact) mass is 441 g/mol. The number of nitrogens with zero attached hydrogens (tertiary/aromatic N) is 2. The summed E-state index contributed by atoms with van der Waals surface area (Å²) in [7, 11) is 1.66. The number of aryl methyl sites for hydroxylation is 3. The summed E-state index contributed by atoms with van der Waals surface area (Å²) < 4.78 is 5.56. The predicted molar refractivity (Wildman–Crippen MR) is 126 cm³/mol. The van der Waals surface area contributed by atoms with Crippen LogP contribution in [-0.2, 0) is 13.0 Å². The van der Waals surface area contributed by atoms with Gasteiger partial charge >= 0.3 is 0 Å². The van der Waals surface area contributed by atoms with Crippen molar-refractivity contribution in [3.8, 4) is 5.88 Å². The Morgan fingerprint density at radius 1 is 1.29 bits per heavy atom. The Labute approximate surface area is 190 Å². The summed E-state index contributed by atoms with van der Waals surface area (Å²) in [5.74, 6) is 2.03. The van der Waals surface area contributed by atoms with Gasteiger partial charge in [0.05, 0.1) is 19.2 Å². The minimum Gasteiger partial charge on any atom is -0.481 e. The van der Waals surface area contributed by atoms with Crippen molar-refractivity contribution < 1.29 is 9.53 Å². The summed E-state index contributed by atoms with van der Waals surface area (Å²) in [6, 6.07) is 2.07. The molecule has 4 rings (SSSR count). The molecule has 5 nitrogen and oxygen atoms in total. The number of carbonyl (C=O) groups excluding carboxylic acids is 1. The first-order chi connectivity index (χ1) is 14.9. The lowest BCUT2D eigenvalue weighted by Crippen LogP contribution is -2.31. The van der Waals surface area contributed by atoms with Crippen LogP contribution in [0.5, 0.6) is 5.88 Å². The molecule has 1 atom stereocenters. The van der Waals surface area contributed by atoms with E-state index in [1.54, 1.807) is 7.11 Å². The summed E-state index contributed by atoms with van der Waals surface area (Å²) >= 11 is 1.90. The summed E-state index contributed by atoms with van der Waals surface area (Å²) in [6.07, 6.45) is 4.44. The Kier molecular flexibility index (Phi) is 6.68. The van der Waals surface area contributed by atoms with E-state index in [9.17, 15) is 4.79 Å². The van der Waals surface area contributed by atoms with Crippen LogP contribution in [0.15, 0.2) is 6.07 Å². The molecule has 0 saturated carbocycles. The molecular formula is C25H35N3O2S. The van der Waals surface area contributed by atoms with Gasteiger partial charge in [-0.3, -0.25) is 4.79 Å². The fraction of sp³-hybridized carbons (Fsp3) is 0.600. The summed E-state index contributed by atoms with van der Waals surface area (Å²) in [5.41, 5.74) is 5.27. The Morgan fingerprint density at radius 2 is 2.03 bits per heavy atom. The molecule has 1 N–H and O–H groups in total. The average molecular weight is 442 g/mol. The van der Waals surface area contributed by atoms with Crippen molar-refractivity contribution >= 4 is 17.2 Å². The number of thiophene rings is 1. The van der Waals surface area contributed by atoms with Crippen LogP contribution in [0.4, 0.5) is 0 Å². The lowest BCUT2D eigenvalue weighted by molar-refractivity contribution is 0.0746. The number of carbonyl (C=O) groups is 1. The van der Waals surface area contributed by atoms with Crippen LogP contribution < -0.4 is 10.1 Å². The molecule has 0 aromatic carbocycles. The normalized spacial score (nSPS) is 18.6. The van der Waals surface area contributed by atoms with E-state index in [1.807, 2.05) is 23.2 Å². The Hall–Kier alpha value is -1.92. The number of ether oxygens (including phenoxy) is 1. The molecule has 0 unspecified atom stereocenters. The quantitative estimate of drug-likeness (QED) is 0.726. The third kappa shape index (κ3) is 4.37. The molecule has 6 heteroatoms. The number of hydrogen-bond donors (Lipinski definition) is 1. The van der Waals surface area contributed by atoms with Gasteiger partial charge < -0.3 is 15.0 Å². The van der Waals surface area contributed by atoms with Gasteiger partial charge in [0.15, 0.2) is 0 Å². The molecule has 2 aliphatic rings. The maximum atomic E-state index is 13.7. The van der Waals surface area contributed by atoms with E-state index in [1.165, 1.54) is 28.2 Å². The molecule has 2 aromatic heterocycles. The van der Waals surface area contributed by atoms with Crippen molar-refractivity contribution in [3.63, 3.8) is 0 Å². The van der Waals surface area contributed by atoms with Crippen molar-refractivity contribution in [1.29, 1.82) is 0 Å². The van der Waals surface area contributed by atoms with Crippen LogP contribution in [-0.4, -0.2) is 42.5 Å². The van der Waals surface area contributed by atoms with E-state index < -0.39 is 0 Å². The van der Waals surface area contributed by atoms with Gasteiger partial charge in [0.1, 0.15) is 0 Å². The van der Waals surface area contributed by atoms with Gasteiger partial charge in [0.25, 0.3) is 5.91 Å². The van der Waals surface area contributed by atoms with Crippen LogP contribution in [0.25, 0.3) is 0 Å². The molecule has 2 aliphatic heterocycles. The highest BCUT2D eigenvalue weighted by Crippen LogP contribution is 2.41. The zero-order valence-corrected chi connectivity index (χ0v) is 20.3. The van der Waals surface area contributed by atoms with Crippen LogP contribution in [0, 0.1) is 26.7 Å². The van der Waals surface area contributed by atoms with Gasteiger partial charge in [0, 0.05) is 27.6 Å². The lowest BCUT2D eigenvalue weighted by atomic mass is 9.83. The second-order valence-corrected chi connectivity index (χ2v) is 10.3. The van der Waals surface area contributed by atoms with Crippen LogP contribution in [0.3, 0.4) is 0 Å². The largest absolute Gasteiger partial charge is 0.481 e. The lowest BCUT2D eigenvalue weighted by Gasteiger charge is -2.28. The minimum absolute atomic E-state index is 0.173. The van der Waals surface area contributed by atoms with E-state index >= 15 is 0 Å². The number of amides is 1. The first kappa shape index (κ1) is 22.3. The predicted octanol–water partition coefficient (Wildman–Crippen LogP) is 4.77. The van der Waals surface area contributed by atoms with E-state index in [0.29, 0.717) is 24.3 Å². The number of aromatic nitrogens is 1. The van der Waals surface area contributed by atoms with Crippen molar-refractivity contribution in [2.45, 2.75) is 65.8 Å². The number of methoxy groups -OCH3 is 1. The zero-order valence-electron chi connectivity index (χ0n) is 19.5. The van der Waals surface area contributed by atoms with Crippen LogP contribution in [0.1, 0.15) is 74.6 Å². The molecule has 0 bridgehead atoms. The second kappa shape index (κ2) is 9.29. The zero-order chi connectivity index (χ0) is 22.1. The number of fused-ring (bicyclic) bond motifs is 1. The summed E-state index contributed by atoms with van der Waals surface area (Å²) in [5, 5.41) is 3.47. The third-order valence-corrected chi connectivity index (χ3v) is 8.63. The SMILES string of the molecule is COc1nc(C)cc(C)c1CN1CCCc2sc([C@H](C)C3CCNCC3)c(C)c2C1=O. The molecule has 1 saturated heterocycles. The average Bonchev–Trinajstić information content (AvgIpc) is 3.00. The van der Waals surface area contributed by atoms with Gasteiger partial charge in [0.2, 0.25) is 5.88 Å². The third-order valence-electron chi connectivity index (χ3n) is 7.07. The Morgan fingerprint density at radius 3 is 2.74 bits per heavy atom. The number of hydrogen-bond acceptors (Lipinski definition) is 5.